The van der Waals surface area contributed by atoms with Crippen LogP contribution >= 0.6 is 0 Å². The van der Waals surface area contributed by atoms with E-state index in [0.717, 1.165) is 11.3 Å². The molecule has 2 amide bonds. The number of carbonyl (C=O) groups is 2. The van der Waals surface area contributed by atoms with Gasteiger partial charge in [0.25, 0.3) is 0 Å². The van der Waals surface area contributed by atoms with E-state index >= 15 is 0 Å². The fourth-order valence-electron chi connectivity index (χ4n) is 2.44. The highest BCUT2D eigenvalue weighted by molar-refractivity contribution is 5.77. The fourth-order valence-corrected chi connectivity index (χ4v) is 2.44. The zero-order valence-corrected chi connectivity index (χ0v) is 12.3. The largest absolute Gasteiger partial charge is 0.479 e. The lowest BCUT2D eigenvalue weighted by molar-refractivity contribution is -0.154. The number of carboxylic acid groups (broad SMARTS) is 1. The first kappa shape index (κ1) is 15.3. The molecule has 1 fully saturated rings. The number of rotatable bonds is 3. The Morgan fingerprint density at radius 3 is 2.76 bits per heavy atom. The lowest BCUT2D eigenvalue weighted by Crippen LogP contribution is -2.52. The van der Waals surface area contributed by atoms with Crippen LogP contribution in [0.25, 0.3) is 0 Å². The average molecular weight is 297 g/mol. The molecule has 8 nitrogen and oxygen atoms in total. The summed E-state index contributed by atoms with van der Waals surface area (Å²) in [6.07, 6.45) is -0.973. The molecular formula is C13H19N3O5. The summed E-state index contributed by atoms with van der Waals surface area (Å²) < 4.78 is 10.2. The number of nitrogens with one attached hydrogen (secondary N) is 1. The van der Waals surface area contributed by atoms with Gasteiger partial charge >= 0.3 is 12.0 Å². The van der Waals surface area contributed by atoms with Gasteiger partial charge < -0.3 is 24.6 Å². The molecule has 1 aromatic heterocycles. The van der Waals surface area contributed by atoms with Crippen molar-refractivity contribution in [3.63, 3.8) is 0 Å². The Bertz CT molecular complexity index is 522. The summed E-state index contributed by atoms with van der Waals surface area (Å²) in [6, 6.07) is -0.591. The van der Waals surface area contributed by atoms with Crippen LogP contribution in [0.15, 0.2) is 4.52 Å². The molecule has 21 heavy (non-hydrogen) atoms. The second-order valence-electron chi connectivity index (χ2n) is 5.05. The number of urea groups is 1. The highest BCUT2D eigenvalue weighted by Gasteiger charge is 2.30. The standard InChI is InChI=1S/C13H19N3O5/c1-7(11-8(2)15-21-9(11)3)14-13(19)16-4-5-20-10(6-16)12(17)18/h7,10H,4-6H2,1-3H3,(H,14,19)(H,17,18). The van der Waals surface area contributed by atoms with Gasteiger partial charge in [0.15, 0.2) is 6.10 Å². The second-order valence-corrected chi connectivity index (χ2v) is 5.05. The molecule has 0 aromatic carbocycles. The van der Waals surface area contributed by atoms with Gasteiger partial charge in [-0.3, -0.25) is 0 Å². The SMILES string of the molecule is Cc1noc(C)c1C(C)NC(=O)N1CCOC(C(=O)O)C1. The maximum Gasteiger partial charge on any atom is 0.334 e. The number of amides is 2. The average Bonchev–Trinajstić information content (AvgIpc) is 2.78. The van der Waals surface area contributed by atoms with Crippen LogP contribution in [0.1, 0.15) is 30.0 Å². The van der Waals surface area contributed by atoms with E-state index in [9.17, 15) is 9.59 Å². The topological polar surface area (TPSA) is 105 Å². The van der Waals surface area contributed by atoms with Crippen molar-refractivity contribution in [2.24, 2.45) is 0 Å². The lowest BCUT2D eigenvalue weighted by atomic mass is 10.1. The number of hydrogen-bond acceptors (Lipinski definition) is 5. The minimum atomic E-state index is -1.06. The van der Waals surface area contributed by atoms with E-state index in [4.69, 9.17) is 14.4 Å². The molecule has 2 heterocycles. The highest BCUT2D eigenvalue weighted by Crippen LogP contribution is 2.21. The van der Waals surface area contributed by atoms with Crippen molar-refractivity contribution >= 4 is 12.0 Å². The van der Waals surface area contributed by atoms with Crippen LogP contribution in [-0.2, 0) is 9.53 Å². The number of aromatic nitrogens is 1. The van der Waals surface area contributed by atoms with Crippen LogP contribution < -0.4 is 5.32 Å². The van der Waals surface area contributed by atoms with E-state index < -0.39 is 12.1 Å². The summed E-state index contributed by atoms with van der Waals surface area (Å²) in [5.74, 6) is -0.406. The Morgan fingerprint density at radius 1 is 1.48 bits per heavy atom. The van der Waals surface area contributed by atoms with Crippen molar-refractivity contribution in [3.05, 3.63) is 17.0 Å². The first-order valence-electron chi connectivity index (χ1n) is 6.72. The van der Waals surface area contributed by atoms with Crippen LogP contribution in [0.3, 0.4) is 0 Å². The van der Waals surface area contributed by atoms with Gasteiger partial charge in [0.2, 0.25) is 0 Å². The first-order chi connectivity index (χ1) is 9.90. The zero-order chi connectivity index (χ0) is 15.6. The van der Waals surface area contributed by atoms with Crippen LogP contribution in [0.2, 0.25) is 0 Å². The summed E-state index contributed by atoms with van der Waals surface area (Å²) in [6.45, 7) is 6.04. The van der Waals surface area contributed by atoms with Crippen molar-refractivity contribution < 1.29 is 24.0 Å². The lowest BCUT2D eigenvalue weighted by Gasteiger charge is -2.31. The number of aliphatic carboxylic acids is 1. The number of carboxylic acids is 1. The monoisotopic (exact) mass is 297 g/mol. The number of aryl methyl sites for hydroxylation is 2. The van der Waals surface area contributed by atoms with Gasteiger partial charge in [0.1, 0.15) is 5.76 Å². The Morgan fingerprint density at radius 2 is 2.19 bits per heavy atom. The number of ether oxygens (including phenoxy) is 1. The maximum absolute atomic E-state index is 12.2. The van der Waals surface area contributed by atoms with Gasteiger partial charge in [-0.25, -0.2) is 9.59 Å². The molecule has 116 valence electrons. The van der Waals surface area contributed by atoms with Crippen molar-refractivity contribution in [2.75, 3.05) is 19.7 Å². The second kappa shape index (κ2) is 6.13. The third-order valence-electron chi connectivity index (χ3n) is 3.49. The van der Waals surface area contributed by atoms with Crippen molar-refractivity contribution in [2.45, 2.75) is 32.9 Å². The van der Waals surface area contributed by atoms with Gasteiger partial charge in [0, 0.05) is 12.1 Å². The molecule has 1 aliphatic heterocycles. The van der Waals surface area contributed by atoms with Crippen molar-refractivity contribution in [1.29, 1.82) is 0 Å². The molecule has 1 aromatic rings. The van der Waals surface area contributed by atoms with Crippen LogP contribution in [0, 0.1) is 13.8 Å². The van der Waals surface area contributed by atoms with Crippen molar-refractivity contribution in [1.82, 2.24) is 15.4 Å². The molecule has 0 saturated carbocycles. The molecule has 0 radical (unpaired) electrons. The third kappa shape index (κ3) is 3.33. The van der Waals surface area contributed by atoms with Crippen LogP contribution in [-0.4, -0.2) is 53.0 Å². The van der Waals surface area contributed by atoms with E-state index in [-0.39, 0.29) is 25.2 Å². The molecule has 0 aliphatic carbocycles. The molecule has 2 rings (SSSR count). The predicted molar refractivity (Wildman–Crippen MR) is 71.9 cm³/mol. The van der Waals surface area contributed by atoms with Gasteiger partial charge in [-0.1, -0.05) is 5.16 Å². The third-order valence-corrected chi connectivity index (χ3v) is 3.49. The van der Waals surface area contributed by atoms with Gasteiger partial charge in [0.05, 0.1) is 24.9 Å². The smallest absolute Gasteiger partial charge is 0.334 e. The Hall–Kier alpha value is -2.09. The Kier molecular flexibility index (Phi) is 4.46. The number of morpholine rings is 1. The van der Waals surface area contributed by atoms with E-state index in [1.165, 1.54) is 4.90 Å². The molecule has 0 spiro atoms. The normalized spacial score (nSPS) is 20.1. The Labute approximate surface area is 122 Å². The van der Waals surface area contributed by atoms with Gasteiger partial charge in [-0.05, 0) is 20.8 Å². The molecule has 1 aliphatic rings. The molecule has 2 N–H and O–H groups in total. The summed E-state index contributed by atoms with van der Waals surface area (Å²) in [4.78, 5) is 24.6. The predicted octanol–water partition coefficient (Wildman–Crippen LogP) is 0.847. The van der Waals surface area contributed by atoms with E-state index in [2.05, 4.69) is 10.5 Å². The molecule has 1 saturated heterocycles. The number of hydrogen-bond donors (Lipinski definition) is 2. The van der Waals surface area contributed by atoms with E-state index in [1.807, 2.05) is 13.8 Å². The quantitative estimate of drug-likeness (QED) is 0.857. The minimum Gasteiger partial charge on any atom is -0.479 e. The molecule has 2 unspecified atom stereocenters. The fraction of sp³-hybridized carbons (Fsp3) is 0.615. The number of nitrogens with zero attached hydrogens (tertiary/aromatic N) is 2. The minimum absolute atomic E-state index is 0.0372. The van der Waals surface area contributed by atoms with Crippen LogP contribution in [0.5, 0.6) is 0 Å². The Balaban J connectivity index is 1.99. The molecular weight excluding hydrogens is 278 g/mol. The van der Waals surface area contributed by atoms with E-state index in [0.29, 0.717) is 12.3 Å². The summed E-state index contributed by atoms with van der Waals surface area (Å²) >= 11 is 0. The van der Waals surface area contributed by atoms with Crippen LogP contribution in [0.4, 0.5) is 4.79 Å². The number of carbonyl (C=O) groups excluding carboxylic acids is 1. The van der Waals surface area contributed by atoms with Gasteiger partial charge in [-0.15, -0.1) is 0 Å². The molecule has 2 atom stereocenters. The van der Waals surface area contributed by atoms with Gasteiger partial charge in [-0.2, -0.15) is 0 Å². The summed E-state index contributed by atoms with van der Waals surface area (Å²) in [7, 11) is 0. The van der Waals surface area contributed by atoms with E-state index in [1.54, 1.807) is 6.92 Å². The summed E-state index contributed by atoms with van der Waals surface area (Å²) in [5, 5.41) is 15.6. The van der Waals surface area contributed by atoms with Crippen molar-refractivity contribution in [3.8, 4) is 0 Å². The highest BCUT2D eigenvalue weighted by atomic mass is 16.5. The maximum atomic E-state index is 12.2. The summed E-state index contributed by atoms with van der Waals surface area (Å²) in [5.41, 5.74) is 1.57. The first-order valence-corrected chi connectivity index (χ1v) is 6.72. The molecule has 8 heteroatoms. The zero-order valence-electron chi connectivity index (χ0n) is 12.3. The molecule has 0 bridgehead atoms.